The monoisotopic (exact) mass is 260 g/mol. The van der Waals surface area contributed by atoms with Gasteiger partial charge in [-0.05, 0) is 18.6 Å². The molecule has 2 N–H and O–H groups in total. The van der Waals surface area contributed by atoms with Crippen molar-refractivity contribution in [3.8, 4) is 5.75 Å². The van der Waals surface area contributed by atoms with Crippen LogP contribution in [0.3, 0.4) is 0 Å². The maximum atomic E-state index is 9.48. The van der Waals surface area contributed by atoms with Crippen LogP contribution in [-0.4, -0.2) is 11.5 Å². The molecule has 6 heteroatoms. The number of phenolic OH excluding ortho intramolecular Hbond substituents is 1. The van der Waals surface area contributed by atoms with E-state index in [9.17, 15) is 5.11 Å². The fourth-order valence-electron chi connectivity index (χ4n) is 1.57. The molecule has 0 fully saturated rings. The summed E-state index contributed by atoms with van der Waals surface area (Å²) in [5, 5.41) is 9.86. The maximum absolute atomic E-state index is 9.48. The van der Waals surface area contributed by atoms with Crippen LogP contribution in [-0.2, 0) is 10.5 Å². The van der Waals surface area contributed by atoms with Crippen molar-refractivity contribution in [2.24, 2.45) is 4.99 Å². The van der Waals surface area contributed by atoms with Crippen LogP contribution in [0, 0.1) is 0 Å². The van der Waals surface area contributed by atoms with Gasteiger partial charge in [-0.25, -0.2) is 4.99 Å². The molecule has 0 saturated carbocycles. The molecule has 1 unspecified atom stereocenters. The molecule has 4 nitrogen and oxygen atoms in total. The SMILES string of the molecule is CCC1(c2cc(Cl)c(O)c(Cl)c2)N=CON1. The molecule has 0 aromatic heterocycles. The van der Waals surface area contributed by atoms with Crippen LogP contribution in [0.15, 0.2) is 17.1 Å². The first-order valence-corrected chi connectivity index (χ1v) is 5.49. The van der Waals surface area contributed by atoms with Gasteiger partial charge in [0.2, 0.25) is 0 Å². The lowest BCUT2D eigenvalue weighted by Gasteiger charge is -2.24. The molecule has 0 radical (unpaired) electrons. The van der Waals surface area contributed by atoms with E-state index in [1.165, 1.54) is 6.40 Å². The lowest BCUT2D eigenvalue weighted by Crippen LogP contribution is -2.35. The molecule has 0 bridgehead atoms. The van der Waals surface area contributed by atoms with Gasteiger partial charge in [0.15, 0.2) is 17.8 Å². The van der Waals surface area contributed by atoms with Crippen molar-refractivity contribution in [1.82, 2.24) is 5.48 Å². The number of nitrogens with one attached hydrogen (secondary N) is 1. The molecule has 0 aliphatic carbocycles. The fraction of sp³-hybridized carbons (Fsp3) is 0.300. The van der Waals surface area contributed by atoms with Crippen LogP contribution in [0.5, 0.6) is 5.75 Å². The zero-order valence-corrected chi connectivity index (χ0v) is 10.0. The Morgan fingerprint density at radius 3 is 2.50 bits per heavy atom. The number of benzene rings is 1. The molecule has 0 saturated heterocycles. The normalized spacial score (nSPS) is 23.4. The van der Waals surface area contributed by atoms with E-state index in [0.717, 1.165) is 5.56 Å². The lowest BCUT2D eigenvalue weighted by atomic mass is 9.98. The Morgan fingerprint density at radius 1 is 1.44 bits per heavy atom. The number of aromatic hydroxyl groups is 1. The summed E-state index contributed by atoms with van der Waals surface area (Å²) >= 11 is 11.7. The number of aliphatic imine (C=N–C) groups is 1. The van der Waals surface area contributed by atoms with Gasteiger partial charge >= 0.3 is 0 Å². The molecular formula is C10H10Cl2N2O2. The van der Waals surface area contributed by atoms with E-state index < -0.39 is 5.66 Å². The second kappa shape index (κ2) is 4.13. The quantitative estimate of drug-likeness (QED) is 0.860. The zero-order chi connectivity index (χ0) is 11.8. The van der Waals surface area contributed by atoms with E-state index in [4.69, 9.17) is 28.0 Å². The third kappa shape index (κ3) is 1.73. The van der Waals surface area contributed by atoms with Crippen LogP contribution in [0.4, 0.5) is 0 Å². The Kier molecular flexibility index (Phi) is 2.97. The Morgan fingerprint density at radius 2 is 2.06 bits per heavy atom. The van der Waals surface area contributed by atoms with E-state index in [0.29, 0.717) is 6.42 Å². The average molecular weight is 261 g/mol. The lowest BCUT2D eigenvalue weighted by molar-refractivity contribution is 0.119. The van der Waals surface area contributed by atoms with Crippen molar-refractivity contribution < 1.29 is 9.94 Å². The number of hydrogen-bond acceptors (Lipinski definition) is 4. The summed E-state index contributed by atoms with van der Waals surface area (Å²) in [5.41, 5.74) is 2.86. The van der Waals surface area contributed by atoms with Gasteiger partial charge in [0.1, 0.15) is 0 Å². The van der Waals surface area contributed by atoms with Crippen LogP contribution in [0.25, 0.3) is 0 Å². The maximum Gasteiger partial charge on any atom is 0.198 e. The average Bonchev–Trinajstić information content (AvgIpc) is 2.75. The molecular weight excluding hydrogens is 251 g/mol. The number of phenols is 1. The highest BCUT2D eigenvalue weighted by Gasteiger charge is 2.34. The number of halogens is 2. The molecule has 1 aromatic rings. The smallest absolute Gasteiger partial charge is 0.198 e. The molecule has 1 aliphatic rings. The molecule has 1 aromatic carbocycles. The summed E-state index contributed by atoms with van der Waals surface area (Å²) in [7, 11) is 0. The van der Waals surface area contributed by atoms with Crippen molar-refractivity contribution in [3.05, 3.63) is 27.7 Å². The number of nitrogens with zero attached hydrogens (tertiary/aromatic N) is 1. The van der Waals surface area contributed by atoms with Crippen LogP contribution in [0.2, 0.25) is 10.0 Å². The highest BCUT2D eigenvalue weighted by molar-refractivity contribution is 6.37. The topological polar surface area (TPSA) is 53.9 Å². The predicted octanol–water partition coefficient (Wildman–Crippen LogP) is 2.82. The first-order chi connectivity index (χ1) is 7.59. The first-order valence-electron chi connectivity index (χ1n) is 4.74. The van der Waals surface area contributed by atoms with Gasteiger partial charge in [-0.15, -0.1) is 5.48 Å². The third-order valence-corrected chi connectivity index (χ3v) is 3.14. The summed E-state index contributed by atoms with van der Waals surface area (Å²) in [6, 6.07) is 3.23. The highest BCUT2D eigenvalue weighted by Crippen LogP contribution is 2.38. The van der Waals surface area contributed by atoms with E-state index >= 15 is 0 Å². The van der Waals surface area contributed by atoms with Gasteiger partial charge < -0.3 is 9.94 Å². The van der Waals surface area contributed by atoms with Crippen LogP contribution in [0.1, 0.15) is 18.9 Å². The second-order valence-electron chi connectivity index (χ2n) is 3.46. The Hall–Kier alpha value is -0.970. The predicted molar refractivity (Wildman–Crippen MR) is 62.8 cm³/mol. The molecule has 2 rings (SSSR count). The largest absolute Gasteiger partial charge is 0.505 e. The van der Waals surface area contributed by atoms with Gasteiger partial charge in [0.05, 0.1) is 10.0 Å². The minimum atomic E-state index is -0.680. The summed E-state index contributed by atoms with van der Waals surface area (Å²) in [5.74, 6) is -0.124. The number of hydroxylamine groups is 1. The van der Waals surface area contributed by atoms with Gasteiger partial charge in [0.25, 0.3) is 0 Å². The number of hydrogen-bond donors (Lipinski definition) is 2. The summed E-state index contributed by atoms with van der Waals surface area (Å²) in [6.07, 6.45) is 2.00. The van der Waals surface area contributed by atoms with Crippen LogP contribution >= 0.6 is 23.2 Å². The molecule has 1 aliphatic heterocycles. The molecule has 86 valence electrons. The van der Waals surface area contributed by atoms with Gasteiger partial charge in [-0.2, -0.15) is 0 Å². The van der Waals surface area contributed by atoms with Crippen LogP contribution < -0.4 is 5.48 Å². The summed E-state index contributed by atoms with van der Waals surface area (Å²) in [6.45, 7) is 1.95. The van der Waals surface area contributed by atoms with Crippen molar-refractivity contribution in [2.45, 2.75) is 19.0 Å². The first kappa shape index (κ1) is 11.5. The molecule has 16 heavy (non-hydrogen) atoms. The summed E-state index contributed by atoms with van der Waals surface area (Å²) in [4.78, 5) is 9.14. The Bertz CT molecular complexity index is 427. The minimum Gasteiger partial charge on any atom is -0.505 e. The van der Waals surface area contributed by atoms with Crippen molar-refractivity contribution in [1.29, 1.82) is 0 Å². The highest BCUT2D eigenvalue weighted by atomic mass is 35.5. The molecule has 0 amide bonds. The Labute approximate surface area is 103 Å². The minimum absolute atomic E-state index is 0.124. The number of rotatable bonds is 2. The second-order valence-corrected chi connectivity index (χ2v) is 4.27. The fourth-order valence-corrected chi connectivity index (χ4v) is 2.06. The van der Waals surface area contributed by atoms with Gasteiger partial charge in [0, 0.05) is 5.56 Å². The Balaban J connectivity index is 2.51. The summed E-state index contributed by atoms with van der Waals surface area (Å²) < 4.78 is 0. The van der Waals surface area contributed by atoms with Gasteiger partial charge in [-0.3, -0.25) is 0 Å². The van der Waals surface area contributed by atoms with E-state index in [1.54, 1.807) is 12.1 Å². The van der Waals surface area contributed by atoms with E-state index in [1.807, 2.05) is 6.92 Å². The molecule has 1 atom stereocenters. The zero-order valence-electron chi connectivity index (χ0n) is 8.50. The molecule has 1 heterocycles. The van der Waals surface area contributed by atoms with Gasteiger partial charge in [-0.1, -0.05) is 30.1 Å². The van der Waals surface area contributed by atoms with E-state index in [-0.39, 0.29) is 15.8 Å². The standard InChI is InChI=1S/C10H10Cl2N2O2/c1-2-10(13-5-16-14-10)6-3-7(11)9(15)8(12)4-6/h3-5,14-15H,2H2,1H3. The van der Waals surface area contributed by atoms with E-state index in [2.05, 4.69) is 10.5 Å². The third-order valence-electron chi connectivity index (χ3n) is 2.56. The van der Waals surface area contributed by atoms with Crippen molar-refractivity contribution >= 4 is 29.6 Å². The van der Waals surface area contributed by atoms with Crippen molar-refractivity contribution in [2.75, 3.05) is 0 Å². The molecule has 0 spiro atoms. The van der Waals surface area contributed by atoms with Crippen molar-refractivity contribution in [3.63, 3.8) is 0 Å².